The largest absolute Gasteiger partial charge is 0.322 e. The molecule has 1 aliphatic rings. The molecule has 0 atom stereocenters. The lowest BCUT2D eigenvalue weighted by Gasteiger charge is -2.33. The summed E-state index contributed by atoms with van der Waals surface area (Å²) in [5.41, 5.74) is 1.37. The van der Waals surface area contributed by atoms with Gasteiger partial charge in [-0.25, -0.2) is 14.3 Å². The summed E-state index contributed by atoms with van der Waals surface area (Å²) in [6, 6.07) is 3.63. The zero-order valence-electron chi connectivity index (χ0n) is 12.4. The SMILES string of the molecule is CCN1CCN(C(=O)Nc2cccn3nc(C)nc23)CC1. The van der Waals surface area contributed by atoms with Gasteiger partial charge in [0.1, 0.15) is 5.82 Å². The average molecular weight is 288 g/mol. The molecule has 0 unspecified atom stereocenters. The molecular weight excluding hydrogens is 268 g/mol. The van der Waals surface area contributed by atoms with Crippen LogP contribution in [-0.4, -0.2) is 63.2 Å². The molecule has 0 bridgehead atoms. The fourth-order valence-electron chi connectivity index (χ4n) is 2.57. The van der Waals surface area contributed by atoms with Crippen LogP contribution in [0, 0.1) is 6.92 Å². The van der Waals surface area contributed by atoms with Gasteiger partial charge in [-0.05, 0) is 25.6 Å². The Morgan fingerprint density at radius 2 is 2.10 bits per heavy atom. The Kier molecular flexibility index (Phi) is 3.74. The second kappa shape index (κ2) is 5.69. The fourth-order valence-corrected chi connectivity index (χ4v) is 2.57. The smallest absolute Gasteiger partial charge is 0.322 e. The highest BCUT2D eigenvalue weighted by molar-refractivity contribution is 5.93. The molecule has 1 aliphatic heterocycles. The Hall–Kier alpha value is -2.15. The Morgan fingerprint density at radius 3 is 2.81 bits per heavy atom. The van der Waals surface area contributed by atoms with Gasteiger partial charge < -0.3 is 15.1 Å². The molecule has 3 rings (SSSR count). The van der Waals surface area contributed by atoms with Crippen molar-refractivity contribution in [3.8, 4) is 0 Å². The number of carbonyl (C=O) groups excluding carboxylic acids is 1. The molecule has 0 radical (unpaired) electrons. The molecule has 0 saturated carbocycles. The van der Waals surface area contributed by atoms with Crippen molar-refractivity contribution in [2.45, 2.75) is 13.8 Å². The van der Waals surface area contributed by atoms with E-state index < -0.39 is 0 Å². The van der Waals surface area contributed by atoms with Crippen LogP contribution in [0.2, 0.25) is 0 Å². The van der Waals surface area contributed by atoms with Crippen LogP contribution in [0.1, 0.15) is 12.7 Å². The molecule has 7 nitrogen and oxygen atoms in total. The summed E-state index contributed by atoms with van der Waals surface area (Å²) in [6.45, 7) is 8.39. The lowest BCUT2D eigenvalue weighted by atomic mass is 10.3. The first-order valence-corrected chi connectivity index (χ1v) is 7.27. The Bertz CT molecular complexity index is 644. The molecule has 2 aromatic heterocycles. The van der Waals surface area contributed by atoms with Crippen LogP contribution in [0.3, 0.4) is 0 Å². The number of nitrogens with zero attached hydrogens (tertiary/aromatic N) is 5. The monoisotopic (exact) mass is 288 g/mol. The average Bonchev–Trinajstić information content (AvgIpc) is 2.88. The van der Waals surface area contributed by atoms with Crippen molar-refractivity contribution < 1.29 is 4.79 Å². The van der Waals surface area contributed by atoms with Crippen molar-refractivity contribution in [2.24, 2.45) is 0 Å². The number of rotatable bonds is 2. The number of amides is 2. The van der Waals surface area contributed by atoms with Crippen LogP contribution in [0.15, 0.2) is 18.3 Å². The van der Waals surface area contributed by atoms with Crippen molar-refractivity contribution in [3.63, 3.8) is 0 Å². The molecule has 21 heavy (non-hydrogen) atoms. The van der Waals surface area contributed by atoms with Gasteiger partial charge in [0.25, 0.3) is 0 Å². The third-order valence-corrected chi connectivity index (χ3v) is 3.82. The minimum atomic E-state index is -0.0699. The standard InChI is InChI=1S/C14H20N6O/c1-3-18-7-9-19(10-8-18)14(21)16-12-5-4-6-20-13(12)15-11(2)17-20/h4-6H,3,7-10H2,1-2H3,(H,16,21). The Morgan fingerprint density at radius 1 is 1.33 bits per heavy atom. The van der Waals surface area contributed by atoms with Gasteiger partial charge in [0, 0.05) is 32.4 Å². The Balaban J connectivity index is 1.72. The molecule has 7 heteroatoms. The van der Waals surface area contributed by atoms with Crippen LogP contribution in [-0.2, 0) is 0 Å². The number of fused-ring (bicyclic) bond motifs is 1. The van der Waals surface area contributed by atoms with E-state index in [0.717, 1.165) is 32.7 Å². The third-order valence-electron chi connectivity index (χ3n) is 3.82. The van der Waals surface area contributed by atoms with Crippen LogP contribution < -0.4 is 5.32 Å². The second-order valence-corrected chi connectivity index (χ2v) is 5.20. The fraction of sp³-hybridized carbons (Fsp3) is 0.500. The van der Waals surface area contributed by atoms with E-state index in [0.29, 0.717) is 17.2 Å². The molecular formula is C14H20N6O. The number of aromatic nitrogens is 3. The predicted molar refractivity (Wildman–Crippen MR) is 80.4 cm³/mol. The first kappa shape index (κ1) is 13.8. The number of urea groups is 1. The first-order chi connectivity index (χ1) is 10.2. The highest BCUT2D eigenvalue weighted by Crippen LogP contribution is 2.15. The van der Waals surface area contributed by atoms with E-state index in [1.165, 1.54) is 0 Å². The molecule has 112 valence electrons. The van der Waals surface area contributed by atoms with Gasteiger partial charge in [0.15, 0.2) is 5.65 Å². The van der Waals surface area contributed by atoms with Crippen molar-refractivity contribution in [3.05, 3.63) is 24.2 Å². The van der Waals surface area contributed by atoms with Crippen LogP contribution in [0.4, 0.5) is 10.5 Å². The maximum absolute atomic E-state index is 12.4. The third kappa shape index (κ3) is 2.82. The molecule has 0 aromatic carbocycles. The van der Waals surface area contributed by atoms with Crippen LogP contribution >= 0.6 is 0 Å². The zero-order valence-corrected chi connectivity index (χ0v) is 12.4. The van der Waals surface area contributed by atoms with Crippen molar-refractivity contribution >= 4 is 17.4 Å². The zero-order chi connectivity index (χ0) is 14.8. The van der Waals surface area contributed by atoms with Crippen LogP contribution in [0.5, 0.6) is 0 Å². The van der Waals surface area contributed by atoms with Gasteiger partial charge >= 0.3 is 6.03 Å². The number of hydrogen-bond donors (Lipinski definition) is 1. The number of anilines is 1. The molecule has 0 spiro atoms. The Labute approximate surface area is 123 Å². The first-order valence-electron chi connectivity index (χ1n) is 7.27. The molecule has 1 saturated heterocycles. The van der Waals surface area contributed by atoms with E-state index >= 15 is 0 Å². The molecule has 3 heterocycles. The van der Waals surface area contributed by atoms with E-state index in [2.05, 4.69) is 27.2 Å². The lowest BCUT2D eigenvalue weighted by molar-refractivity contribution is 0.151. The molecule has 2 aromatic rings. The highest BCUT2D eigenvalue weighted by atomic mass is 16.2. The summed E-state index contributed by atoms with van der Waals surface area (Å²) in [6.07, 6.45) is 1.82. The number of aryl methyl sites for hydroxylation is 1. The summed E-state index contributed by atoms with van der Waals surface area (Å²) < 4.78 is 1.68. The molecule has 0 aliphatic carbocycles. The summed E-state index contributed by atoms with van der Waals surface area (Å²) in [5.74, 6) is 0.688. The van der Waals surface area contributed by atoms with Crippen molar-refractivity contribution in [1.29, 1.82) is 0 Å². The van der Waals surface area contributed by atoms with Crippen molar-refractivity contribution in [2.75, 3.05) is 38.0 Å². The minimum absolute atomic E-state index is 0.0699. The summed E-state index contributed by atoms with van der Waals surface area (Å²) in [5, 5.41) is 7.19. The highest BCUT2D eigenvalue weighted by Gasteiger charge is 2.20. The van der Waals surface area contributed by atoms with Crippen molar-refractivity contribution in [1.82, 2.24) is 24.4 Å². The van der Waals surface area contributed by atoms with Gasteiger partial charge in [-0.1, -0.05) is 6.92 Å². The second-order valence-electron chi connectivity index (χ2n) is 5.20. The number of nitrogens with one attached hydrogen (secondary N) is 1. The molecule has 2 amide bonds. The number of piperazine rings is 1. The maximum Gasteiger partial charge on any atom is 0.322 e. The van der Waals surface area contributed by atoms with E-state index in [9.17, 15) is 4.79 Å². The number of likely N-dealkylation sites (N-methyl/N-ethyl adjacent to an activating group) is 1. The lowest BCUT2D eigenvalue weighted by Crippen LogP contribution is -2.49. The van der Waals surface area contributed by atoms with E-state index in [-0.39, 0.29) is 6.03 Å². The topological polar surface area (TPSA) is 65.8 Å². The van der Waals surface area contributed by atoms with Gasteiger partial charge in [0.2, 0.25) is 0 Å². The van der Waals surface area contributed by atoms with Gasteiger partial charge in [-0.3, -0.25) is 0 Å². The van der Waals surface area contributed by atoms with E-state index in [4.69, 9.17) is 0 Å². The number of pyridine rings is 1. The quantitative estimate of drug-likeness (QED) is 0.902. The maximum atomic E-state index is 12.4. The van der Waals surface area contributed by atoms with E-state index in [1.54, 1.807) is 4.52 Å². The number of hydrogen-bond acceptors (Lipinski definition) is 4. The summed E-state index contributed by atoms with van der Waals surface area (Å²) >= 11 is 0. The van der Waals surface area contributed by atoms with E-state index in [1.807, 2.05) is 30.2 Å². The number of carbonyl (C=O) groups is 1. The summed E-state index contributed by atoms with van der Waals surface area (Å²) in [4.78, 5) is 20.9. The normalized spacial score (nSPS) is 16.4. The molecule has 1 fully saturated rings. The summed E-state index contributed by atoms with van der Waals surface area (Å²) in [7, 11) is 0. The molecule has 1 N–H and O–H groups in total. The van der Waals surface area contributed by atoms with Gasteiger partial charge in [-0.2, -0.15) is 5.10 Å². The van der Waals surface area contributed by atoms with Gasteiger partial charge in [-0.15, -0.1) is 0 Å². The van der Waals surface area contributed by atoms with Crippen LogP contribution in [0.25, 0.3) is 5.65 Å². The minimum Gasteiger partial charge on any atom is -0.322 e. The predicted octanol–water partition coefficient (Wildman–Crippen LogP) is 1.21. The van der Waals surface area contributed by atoms with Gasteiger partial charge in [0.05, 0.1) is 5.69 Å².